The number of aromatic nitrogens is 3. The zero-order chi connectivity index (χ0) is 12.8. The highest BCUT2D eigenvalue weighted by molar-refractivity contribution is 7.10. The van der Waals surface area contributed by atoms with Crippen LogP contribution in [0.4, 0.5) is 5.82 Å². The smallest absolute Gasteiger partial charge is 0.179 e. The van der Waals surface area contributed by atoms with Crippen molar-refractivity contribution in [3.8, 4) is 0 Å². The maximum Gasteiger partial charge on any atom is 0.179 e. The highest BCUT2D eigenvalue weighted by Crippen LogP contribution is 2.38. The SMILES string of the molecule is Nc1ccc2[nH]c(C3CCCc4sccc43)nc2n1. The summed E-state index contributed by atoms with van der Waals surface area (Å²) >= 11 is 1.86. The Morgan fingerprint density at radius 3 is 3.16 bits per heavy atom. The van der Waals surface area contributed by atoms with E-state index in [1.807, 2.05) is 17.4 Å². The van der Waals surface area contributed by atoms with Crippen LogP contribution >= 0.6 is 11.3 Å². The van der Waals surface area contributed by atoms with Gasteiger partial charge in [0.25, 0.3) is 0 Å². The van der Waals surface area contributed by atoms with Gasteiger partial charge in [0.15, 0.2) is 5.65 Å². The van der Waals surface area contributed by atoms with Crippen molar-refractivity contribution in [3.05, 3.63) is 39.8 Å². The predicted molar refractivity (Wildman–Crippen MR) is 77.4 cm³/mol. The topological polar surface area (TPSA) is 67.6 Å². The molecule has 3 aromatic heterocycles. The van der Waals surface area contributed by atoms with E-state index in [0.29, 0.717) is 11.7 Å². The van der Waals surface area contributed by atoms with Crippen LogP contribution in [0.3, 0.4) is 0 Å². The molecule has 0 amide bonds. The number of pyridine rings is 1. The molecule has 1 aliphatic rings. The Kier molecular flexibility index (Phi) is 2.35. The lowest BCUT2D eigenvalue weighted by Gasteiger charge is -2.20. The van der Waals surface area contributed by atoms with Gasteiger partial charge in [0.05, 0.1) is 5.52 Å². The number of nitrogen functional groups attached to an aromatic ring is 1. The summed E-state index contributed by atoms with van der Waals surface area (Å²) in [6.45, 7) is 0. The van der Waals surface area contributed by atoms with Crippen LogP contribution < -0.4 is 5.73 Å². The van der Waals surface area contributed by atoms with Gasteiger partial charge in [-0.15, -0.1) is 11.3 Å². The van der Waals surface area contributed by atoms with Gasteiger partial charge in [0, 0.05) is 10.8 Å². The molecule has 0 saturated carbocycles. The van der Waals surface area contributed by atoms with Crippen LogP contribution in [-0.4, -0.2) is 15.0 Å². The molecule has 0 saturated heterocycles. The van der Waals surface area contributed by atoms with Crippen LogP contribution in [0.5, 0.6) is 0 Å². The van der Waals surface area contributed by atoms with Crippen molar-refractivity contribution in [2.24, 2.45) is 0 Å². The maximum absolute atomic E-state index is 5.71. The number of nitrogens with two attached hydrogens (primary N) is 1. The van der Waals surface area contributed by atoms with Crippen LogP contribution in [0.15, 0.2) is 23.6 Å². The molecule has 0 spiro atoms. The number of fused-ring (bicyclic) bond motifs is 2. The first-order valence-electron chi connectivity index (χ1n) is 6.49. The number of aryl methyl sites for hydroxylation is 1. The molecule has 0 fully saturated rings. The van der Waals surface area contributed by atoms with Gasteiger partial charge in [-0.1, -0.05) is 0 Å². The molecule has 19 heavy (non-hydrogen) atoms. The third-order valence-corrected chi connectivity index (χ3v) is 4.76. The minimum Gasteiger partial charge on any atom is -0.384 e. The quantitative estimate of drug-likeness (QED) is 0.714. The molecular weight excluding hydrogens is 256 g/mol. The van der Waals surface area contributed by atoms with Crippen molar-refractivity contribution in [2.45, 2.75) is 25.2 Å². The number of H-pyrrole nitrogens is 1. The second-order valence-corrected chi connectivity index (χ2v) is 5.97. The number of hydrogen-bond donors (Lipinski definition) is 2. The molecule has 1 unspecified atom stereocenters. The fourth-order valence-electron chi connectivity index (χ4n) is 2.86. The van der Waals surface area contributed by atoms with Gasteiger partial charge < -0.3 is 10.7 Å². The highest BCUT2D eigenvalue weighted by Gasteiger charge is 2.25. The average molecular weight is 270 g/mol. The summed E-state index contributed by atoms with van der Waals surface area (Å²) < 4.78 is 0. The molecule has 0 radical (unpaired) electrons. The molecular formula is C14H14N4S. The zero-order valence-electron chi connectivity index (χ0n) is 10.4. The lowest BCUT2D eigenvalue weighted by atomic mass is 9.87. The van der Waals surface area contributed by atoms with E-state index in [1.165, 1.54) is 23.3 Å². The number of hydrogen-bond acceptors (Lipinski definition) is 4. The van der Waals surface area contributed by atoms with Crippen molar-refractivity contribution in [1.29, 1.82) is 0 Å². The summed E-state index contributed by atoms with van der Waals surface area (Å²) in [4.78, 5) is 13.8. The average Bonchev–Trinajstić information content (AvgIpc) is 3.03. The van der Waals surface area contributed by atoms with E-state index in [2.05, 4.69) is 26.4 Å². The minimum atomic E-state index is 0.380. The van der Waals surface area contributed by atoms with Gasteiger partial charge in [-0.25, -0.2) is 9.97 Å². The van der Waals surface area contributed by atoms with Crippen LogP contribution in [-0.2, 0) is 6.42 Å². The molecule has 1 aliphatic carbocycles. The zero-order valence-corrected chi connectivity index (χ0v) is 11.2. The van der Waals surface area contributed by atoms with Crippen molar-refractivity contribution in [1.82, 2.24) is 15.0 Å². The third kappa shape index (κ3) is 1.73. The molecule has 4 rings (SSSR count). The van der Waals surface area contributed by atoms with E-state index in [4.69, 9.17) is 5.73 Å². The number of aromatic amines is 1. The monoisotopic (exact) mass is 270 g/mol. The first-order chi connectivity index (χ1) is 9.31. The highest BCUT2D eigenvalue weighted by atomic mass is 32.1. The first-order valence-corrected chi connectivity index (χ1v) is 7.37. The molecule has 96 valence electrons. The summed E-state index contributed by atoms with van der Waals surface area (Å²) in [6, 6.07) is 5.99. The molecule has 0 aliphatic heterocycles. The van der Waals surface area contributed by atoms with Gasteiger partial charge in [0.2, 0.25) is 0 Å². The molecule has 3 heterocycles. The molecule has 0 aromatic carbocycles. The summed E-state index contributed by atoms with van der Waals surface area (Å²) in [6.07, 6.45) is 3.58. The summed E-state index contributed by atoms with van der Waals surface area (Å²) in [7, 11) is 0. The molecule has 3 N–H and O–H groups in total. The van der Waals surface area contributed by atoms with E-state index in [0.717, 1.165) is 23.4 Å². The lowest BCUT2D eigenvalue weighted by Crippen LogP contribution is -2.09. The Morgan fingerprint density at radius 1 is 1.26 bits per heavy atom. The molecule has 3 aromatic rings. The van der Waals surface area contributed by atoms with Gasteiger partial charge in [0.1, 0.15) is 11.6 Å². The van der Waals surface area contributed by atoms with Gasteiger partial charge in [-0.05, 0) is 48.4 Å². The second kappa shape index (κ2) is 4.06. The molecule has 1 atom stereocenters. The van der Waals surface area contributed by atoms with E-state index in [9.17, 15) is 0 Å². The number of nitrogens with zero attached hydrogens (tertiary/aromatic N) is 2. The van der Waals surface area contributed by atoms with Crippen molar-refractivity contribution in [2.75, 3.05) is 5.73 Å². The Balaban J connectivity index is 1.83. The largest absolute Gasteiger partial charge is 0.384 e. The van der Waals surface area contributed by atoms with Gasteiger partial charge >= 0.3 is 0 Å². The number of imidazole rings is 1. The summed E-state index contributed by atoms with van der Waals surface area (Å²) in [5.74, 6) is 1.92. The van der Waals surface area contributed by atoms with E-state index >= 15 is 0 Å². The number of rotatable bonds is 1. The van der Waals surface area contributed by atoms with Gasteiger partial charge in [-0.2, -0.15) is 0 Å². The lowest BCUT2D eigenvalue weighted by molar-refractivity contribution is 0.604. The fourth-order valence-corrected chi connectivity index (χ4v) is 3.85. The Labute approximate surface area is 114 Å². The Hall–Kier alpha value is -1.88. The van der Waals surface area contributed by atoms with Gasteiger partial charge in [-0.3, -0.25) is 0 Å². The minimum absolute atomic E-state index is 0.380. The fraction of sp³-hybridized carbons (Fsp3) is 0.286. The van der Waals surface area contributed by atoms with Crippen molar-refractivity contribution < 1.29 is 0 Å². The second-order valence-electron chi connectivity index (χ2n) is 4.97. The van der Waals surface area contributed by atoms with E-state index in [1.54, 1.807) is 6.07 Å². The van der Waals surface area contributed by atoms with E-state index in [-0.39, 0.29) is 0 Å². The number of anilines is 1. The van der Waals surface area contributed by atoms with E-state index < -0.39 is 0 Å². The van der Waals surface area contributed by atoms with Crippen molar-refractivity contribution in [3.63, 3.8) is 0 Å². The number of nitrogens with one attached hydrogen (secondary N) is 1. The Bertz CT molecular complexity index is 743. The normalized spacial score (nSPS) is 18.6. The molecule has 5 heteroatoms. The van der Waals surface area contributed by atoms with Crippen LogP contribution in [0.2, 0.25) is 0 Å². The summed E-state index contributed by atoms with van der Waals surface area (Å²) in [5.41, 5.74) is 8.83. The molecule has 4 nitrogen and oxygen atoms in total. The predicted octanol–water partition coefficient (Wildman–Crippen LogP) is 3.07. The maximum atomic E-state index is 5.71. The standard InChI is InChI=1S/C14H14N4S/c15-12-5-4-10-14(17-12)18-13(16-10)9-2-1-3-11-8(9)6-7-19-11/h4-7,9H,1-3H2,(H3,15,16,17,18). The number of thiophene rings is 1. The van der Waals surface area contributed by atoms with Crippen LogP contribution in [0, 0.1) is 0 Å². The van der Waals surface area contributed by atoms with Crippen LogP contribution in [0.25, 0.3) is 11.2 Å². The van der Waals surface area contributed by atoms with Crippen LogP contribution in [0.1, 0.15) is 35.0 Å². The summed E-state index contributed by atoms with van der Waals surface area (Å²) in [5, 5.41) is 2.18. The third-order valence-electron chi connectivity index (χ3n) is 3.77. The first kappa shape index (κ1) is 11.0. The molecule has 0 bridgehead atoms. The Morgan fingerprint density at radius 2 is 2.21 bits per heavy atom. The van der Waals surface area contributed by atoms with Crippen molar-refractivity contribution >= 4 is 28.3 Å².